The zero-order valence-electron chi connectivity index (χ0n) is 11.4. The first-order valence-electron chi connectivity index (χ1n) is 6.75. The summed E-state index contributed by atoms with van der Waals surface area (Å²) in [6.07, 6.45) is -5.02. The van der Waals surface area contributed by atoms with Gasteiger partial charge in [0.05, 0.1) is 12.1 Å². The van der Waals surface area contributed by atoms with E-state index in [-0.39, 0.29) is 0 Å². The third-order valence-electron chi connectivity index (χ3n) is 3.69. The summed E-state index contributed by atoms with van der Waals surface area (Å²) in [5.41, 5.74) is 0.657. The molecule has 5 atom stereocenters. The summed E-state index contributed by atoms with van der Waals surface area (Å²) in [4.78, 5) is 5.53. The Morgan fingerprint density at radius 2 is 1.91 bits per heavy atom. The summed E-state index contributed by atoms with van der Waals surface area (Å²) in [5.74, 6) is 0. The molecule has 1 aliphatic rings. The molecule has 0 bridgehead atoms. The molecule has 0 radical (unpaired) electrons. The van der Waals surface area contributed by atoms with E-state index in [9.17, 15) is 15.3 Å². The molecule has 0 saturated carbocycles. The van der Waals surface area contributed by atoms with Gasteiger partial charge < -0.3 is 30.0 Å². The van der Waals surface area contributed by atoms with Crippen molar-refractivity contribution in [1.29, 1.82) is 0 Å². The molecule has 8 heteroatoms. The lowest BCUT2D eigenvalue weighted by Gasteiger charge is -2.39. The van der Waals surface area contributed by atoms with E-state index in [0.717, 1.165) is 5.39 Å². The van der Waals surface area contributed by atoms with E-state index in [2.05, 4.69) is 0 Å². The Labute approximate surface area is 130 Å². The highest BCUT2D eigenvalue weighted by Gasteiger charge is 2.45. The predicted octanol–water partition coefficient (Wildman–Crippen LogP) is -0.477. The number of benzene rings is 1. The second-order valence-corrected chi connectivity index (χ2v) is 5.58. The fourth-order valence-electron chi connectivity index (χ4n) is 2.44. The van der Waals surface area contributed by atoms with Crippen molar-refractivity contribution in [3.05, 3.63) is 35.5 Å². The number of ether oxygens (including phenoxy) is 1. The average molecular weight is 330 g/mol. The Morgan fingerprint density at radius 1 is 1.14 bits per heavy atom. The molecule has 120 valence electrons. The molecule has 22 heavy (non-hydrogen) atoms. The van der Waals surface area contributed by atoms with Crippen LogP contribution in [0.3, 0.4) is 0 Å². The second-order valence-electron chi connectivity index (χ2n) is 5.15. The van der Waals surface area contributed by atoms with Gasteiger partial charge in [0.25, 0.3) is 6.29 Å². The van der Waals surface area contributed by atoms with Crippen molar-refractivity contribution in [2.75, 3.05) is 6.61 Å². The van der Waals surface area contributed by atoms with Gasteiger partial charge in [0.2, 0.25) is 0 Å². The van der Waals surface area contributed by atoms with Crippen molar-refractivity contribution in [2.24, 2.45) is 0 Å². The second kappa shape index (κ2) is 6.04. The molecule has 1 aromatic heterocycles. The quantitative estimate of drug-likeness (QED) is 0.606. The van der Waals surface area contributed by atoms with Crippen LogP contribution in [0.4, 0.5) is 0 Å². The topological polar surface area (TPSA) is 104 Å². The number of nitrogens with zero attached hydrogens (tertiary/aromatic N) is 1. The highest BCUT2D eigenvalue weighted by atomic mass is 35.5. The van der Waals surface area contributed by atoms with Gasteiger partial charge in [0.1, 0.15) is 24.4 Å². The van der Waals surface area contributed by atoms with Gasteiger partial charge >= 0.3 is 0 Å². The van der Waals surface area contributed by atoms with E-state index >= 15 is 0 Å². The highest BCUT2D eigenvalue weighted by molar-refractivity contribution is 6.31. The van der Waals surface area contributed by atoms with Crippen molar-refractivity contribution >= 4 is 22.5 Å². The molecule has 1 saturated heterocycles. The summed E-state index contributed by atoms with van der Waals surface area (Å²) >= 11 is 5.95. The number of aromatic nitrogens is 1. The molecule has 7 nitrogen and oxygen atoms in total. The number of hydrogen-bond acceptors (Lipinski definition) is 6. The SMILES string of the molecule is OC[C@H]1O[C@@H](On2ccc3ccc(Cl)cc32)[C@H](O)[C@@H](O)[C@H]1O. The van der Waals surface area contributed by atoms with Crippen molar-refractivity contribution in [3.63, 3.8) is 0 Å². The monoisotopic (exact) mass is 329 g/mol. The first kappa shape index (κ1) is 15.5. The number of halogens is 1. The van der Waals surface area contributed by atoms with Crippen LogP contribution in [0, 0.1) is 0 Å². The molecule has 0 amide bonds. The van der Waals surface area contributed by atoms with Crippen molar-refractivity contribution in [3.8, 4) is 0 Å². The standard InChI is InChI=1S/C14H16ClNO6/c15-8-2-1-7-3-4-16(9(7)5-8)22-14-13(20)12(19)11(18)10(6-17)21-14/h1-5,10-14,17-20H,6H2/t10-,11+,12+,13-,14+/m1/s1. The van der Waals surface area contributed by atoms with Crippen LogP contribution in [0.2, 0.25) is 5.02 Å². The van der Waals surface area contributed by atoms with E-state index in [0.29, 0.717) is 10.5 Å². The molecule has 0 spiro atoms. The Balaban J connectivity index is 1.85. The highest BCUT2D eigenvalue weighted by Crippen LogP contribution is 2.23. The van der Waals surface area contributed by atoms with Crippen molar-refractivity contribution in [1.82, 2.24) is 4.73 Å². The maximum absolute atomic E-state index is 9.97. The zero-order valence-corrected chi connectivity index (χ0v) is 12.2. The molecule has 2 aromatic rings. The molecular formula is C14H16ClNO6. The third-order valence-corrected chi connectivity index (χ3v) is 3.92. The lowest BCUT2D eigenvalue weighted by Crippen LogP contribution is -2.61. The molecule has 0 unspecified atom stereocenters. The Morgan fingerprint density at radius 3 is 2.64 bits per heavy atom. The Hall–Kier alpha value is -1.35. The fourth-order valence-corrected chi connectivity index (χ4v) is 2.60. The third kappa shape index (κ3) is 2.67. The van der Waals surface area contributed by atoms with Crippen LogP contribution in [0.1, 0.15) is 0 Å². The van der Waals surface area contributed by atoms with E-state index in [1.807, 2.05) is 6.07 Å². The molecular weight excluding hydrogens is 314 g/mol. The van der Waals surface area contributed by atoms with E-state index in [4.69, 9.17) is 26.3 Å². The van der Waals surface area contributed by atoms with Crippen LogP contribution in [0.15, 0.2) is 30.5 Å². The lowest BCUT2D eigenvalue weighted by atomic mass is 9.99. The summed E-state index contributed by atoms with van der Waals surface area (Å²) < 4.78 is 6.65. The Bertz CT molecular complexity index is 660. The van der Waals surface area contributed by atoms with Crippen LogP contribution in [0.25, 0.3) is 10.9 Å². The van der Waals surface area contributed by atoms with Gasteiger partial charge in [-0.25, -0.2) is 0 Å². The maximum atomic E-state index is 9.97. The molecule has 4 N–H and O–H groups in total. The number of aliphatic hydroxyl groups is 4. The normalized spacial score (nSPS) is 32.3. The molecule has 1 aliphatic heterocycles. The number of rotatable bonds is 3. The number of fused-ring (bicyclic) bond motifs is 1. The van der Waals surface area contributed by atoms with Crippen molar-refractivity contribution < 1.29 is 30.0 Å². The smallest absolute Gasteiger partial charge is 0.254 e. The summed E-state index contributed by atoms with van der Waals surface area (Å²) in [7, 11) is 0. The van der Waals surface area contributed by atoms with Gasteiger partial charge in [-0.3, -0.25) is 0 Å². The summed E-state index contributed by atoms with van der Waals surface area (Å²) in [6, 6.07) is 7.02. The van der Waals surface area contributed by atoms with E-state index in [1.165, 1.54) is 4.73 Å². The molecule has 3 rings (SSSR count). The van der Waals surface area contributed by atoms with Gasteiger partial charge in [0, 0.05) is 16.6 Å². The number of aliphatic hydroxyl groups excluding tert-OH is 4. The van der Waals surface area contributed by atoms with Crippen LogP contribution in [-0.4, -0.2) is 62.5 Å². The maximum Gasteiger partial charge on any atom is 0.254 e. The minimum Gasteiger partial charge on any atom is -0.394 e. The van der Waals surface area contributed by atoms with Crippen LogP contribution < -0.4 is 4.84 Å². The zero-order chi connectivity index (χ0) is 15.9. The molecule has 2 heterocycles. The summed E-state index contributed by atoms with van der Waals surface area (Å²) in [5, 5.41) is 40.0. The van der Waals surface area contributed by atoms with Crippen LogP contribution in [-0.2, 0) is 4.74 Å². The van der Waals surface area contributed by atoms with Gasteiger partial charge in [-0.1, -0.05) is 17.7 Å². The van der Waals surface area contributed by atoms with E-state index in [1.54, 1.807) is 24.4 Å². The predicted molar refractivity (Wildman–Crippen MR) is 77.3 cm³/mol. The Kier molecular flexibility index (Phi) is 4.26. The van der Waals surface area contributed by atoms with Gasteiger partial charge in [-0.05, 0) is 18.2 Å². The first-order chi connectivity index (χ1) is 10.5. The molecule has 0 aliphatic carbocycles. The van der Waals surface area contributed by atoms with Gasteiger partial charge in [0.15, 0.2) is 0 Å². The van der Waals surface area contributed by atoms with Crippen molar-refractivity contribution in [2.45, 2.75) is 30.7 Å². The van der Waals surface area contributed by atoms with Gasteiger partial charge in [-0.2, -0.15) is 4.73 Å². The minimum atomic E-state index is -1.48. The first-order valence-corrected chi connectivity index (χ1v) is 7.13. The summed E-state index contributed by atoms with van der Waals surface area (Å²) in [6.45, 7) is -0.511. The minimum absolute atomic E-state index is 0.511. The van der Waals surface area contributed by atoms with Gasteiger partial charge in [-0.15, -0.1) is 0 Å². The largest absolute Gasteiger partial charge is 0.394 e. The average Bonchev–Trinajstić information content (AvgIpc) is 2.90. The fraction of sp³-hybridized carbons (Fsp3) is 0.429. The van der Waals surface area contributed by atoms with Crippen LogP contribution in [0.5, 0.6) is 0 Å². The molecule has 1 fully saturated rings. The van der Waals surface area contributed by atoms with E-state index < -0.39 is 37.3 Å². The van der Waals surface area contributed by atoms with Crippen LogP contribution >= 0.6 is 11.6 Å². The lowest BCUT2D eigenvalue weighted by molar-refractivity contribution is -0.299. The number of hydrogen-bond donors (Lipinski definition) is 4. The molecule has 1 aromatic carbocycles.